The van der Waals surface area contributed by atoms with Crippen LogP contribution in [-0.2, 0) is 4.79 Å². The van der Waals surface area contributed by atoms with Crippen molar-refractivity contribution in [3.05, 3.63) is 23.6 Å². The number of aromatic nitrogens is 1. The third-order valence-corrected chi connectivity index (χ3v) is 2.63. The van der Waals surface area contributed by atoms with Crippen LogP contribution in [0.3, 0.4) is 0 Å². The van der Waals surface area contributed by atoms with E-state index in [0.29, 0.717) is 19.2 Å². The molecule has 0 aliphatic heterocycles. The Bertz CT molecular complexity index is 450. The first kappa shape index (κ1) is 15.3. The third kappa shape index (κ3) is 4.11. The lowest BCUT2D eigenvalue weighted by Crippen LogP contribution is -2.31. The summed E-state index contributed by atoms with van der Waals surface area (Å²) >= 11 is 0. The van der Waals surface area contributed by atoms with Gasteiger partial charge in [-0.25, -0.2) is 8.78 Å². The molecule has 0 aliphatic rings. The minimum Gasteiger partial charge on any atom is -0.367 e. The second kappa shape index (κ2) is 6.96. The van der Waals surface area contributed by atoms with Crippen molar-refractivity contribution in [3.63, 3.8) is 0 Å². The fourth-order valence-corrected chi connectivity index (χ4v) is 1.59. The quantitative estimate of drug-likeness (QED) is 0.809. The molecular weight excluding hydrogens is 259 g/mol. The molecule has 0 spiro atoms. The van der Waals surface area contributed by atoms with Gasteiger partial charge in [0.1, 0.15) is 0 Å². The molecule has 1 heterocycles. The number of anilines is 1. The molecule has 0 fully saturated rings. The minimum atomic E-state index is -1.38. The molecule has 19 heavy (non-hydrogen) atoms. The van der Waals surface area contributed by atoms with Gasteiger partial charge in [0, 0.05) is 32.1 Å². The molecule has 0 saturated heterocycles. The van der Waals surface area contributed by atoms with Gasteiger partial charge in [-0.3, -0.25) is 4.79 Å². The van der Waals surface area contributed by atoms with Gasteiger partial charge < -0.3 is 10.2 Å². The monoisotopic (exact) mass is 275 g/mol. The number of amides is 1. The number of nitrogens with zero attached hydrogens (tertiary/aromatic N) is 2. The SMILES string of the molecule is CCN(CC)C(=O)CCNc1nc(F)c(F)cc1F. The first-order valence-corrected chi connectivity index (χ1v) is 6.02. The van der Waals surface area contributed by atoms with Gasteiger partial charge in [-0.15, -0.1) is 0 Å². The highest BCUT2D eigenvalue weighted by Gasteiger charge is 2.13. The van der Waals surface area contributed by atoms with Crippen LogP contribution in [0.4, 0.5) is 19.0 Å². The predicted molar refractivity (Wildman–Crippen MR) is 65.1 cm³/mol. The average Bonchev–Trinajstić information content (AvgIpc) is 2.37. The summed E-state index contributed by atoms with van der Waals surface area (Å²) in [6, 6.07) is 0.414. The Morgan fingerprint density at radius 1 is 1.26 bits per heavy atom. The van der Waals surface area contributed by atoms with Crippen LogP contribution in [0, 0.1) is 17.6 Å². The maximum atomic E-state index is 13.2. The first-order chi connectivity index (χ1) is 8.99. The second-order valence-corrected chi connectivity index (χ2v) is 3.83. The first-order valence-electron chi connectivity index (χ1n) is 6.02. The molecule has 1 rings (SSSR count). The number of carbonyl (C=O) groups excluding carboxylic acids is 1. The van der Waals surface area contributed by atoms with Gasteiger partial charge in [0.15, 0.2) is 17.5 Å². The summed E-state index contributed by atoms with van der Waals surface area (Å²) in [5.74, 6) is -4.21. The Hall–Kier alpha value is -1.79. The molecule has 7 heteroatoms. The number of pyridine rings is 1. The summed E-state index contributed by atoms with van der Waals surface area (Å²) in [4.78, 5) is 16.4. The second-order valence-electron chi connectivity index (χ2n) is 3.83. The molecule has 106 valence electrons. The molecule has 1 aromatic rings. The number of rotatable bonds is 6. The van der Waals surface area contributed by atoms with Crippen LogP contribution in [0.2, 0.25) is 0 Å². The summed E-state index contributed by atoms with van der Waals surface area (Å²) < 4.78 is 38.7. The van der Waals surface area contributed by atoms with E-state index in [4.69, 9.17) is 0 Å². The molecule has 1 aromatic heterocycles. The summed E-state index contributed by atoms with van der Waals surface area (Å²) in [6.07, 6.45) is 0.127. The lowest BCUT2D eigenvalue weighted by molar-refractivity contribution is -0.130. The molecule has 0 saturated carbocycles. The Labute approximate surface area is 109 Å². The summed E-state index contributed by atoms with van der Waals surface area (Å²) in [5, 5.41) is 2.47. The molecule has 0 atom stereocenters. The summed E-state index contributed by atoms with van der Waals surface area (Å²) in [7, 11) is 0. The van der Waals surface area contributed by atoms with E-state index in [1.54, 1.807) is 4.90 Å². The van der Waals surface area contributed by atoms with Crippen LogP contribution < -0.4 is 5.32 Å². The molecule has 0 aromatic carbocycles. The fourth-order valence-electron chi connectivity index (χ4n) is 1.59. The standard InChI is InChI=1S/C12H16F3N3O/c1-3-18(4-2)10(19)5-6-16-12-9(14)7-8(13)11(15)17-12/h7H,3-6H2,1-2H3,(H,16,17). The van der Waals surface area contributed by atoms with Crippen molar-refractivity contribution >= 4 is 11.7 Å². The van der Waals surface area contributed by atoms with E-state index in [1.807, 2.05) is 13.8 Å². The van der Waals surface area contributed by atoms with E-state index in [2.05, 4.69) is 10.3 Å². The van der Waals surface area contributed by atoms with Crippen LogP contribution in [-0.4, -0.2) is 35.4 Å². The van der Waals surface area contributed by atoms with Crippen LogP contribution in [0.15, 0.2) is 6.07 Å². The van der Waals surface area contributed by atoms with Gasteiger partial charge >= 0.3 is 0 Å². The van der Waals surface area contributed by atoms with Crippen molar-refractivity contribution in [2.24, 2.45) is 0 Å². The van der Waals surface area contributed by atoms with Gasteiger partial charge in [0.05, 0.1) is 0 Å². The van der Waals surface area contributed by atoms with Crippen molar-refractivity contribution in [2.45, 2.75) is 20.3 Å². The van der Waals surface area contributed by atoms with Crippen molar-refractivity contribution in [2.75, 3.05) is 25.0 Å². The highest BCUT2D eigenvalue weighted by atomic mass is 19.2. The van der Waals surface area contributed by atoms with E-state index in [-0.39, 0.29) is 18.9 Å². The molecule has 0 bridgehead atoms. The molecule has 1 N–H and O–H groups in total. The maximum absolute atomic E-state index is 13.2. The molecule has 0 unspecified atom stereocenters. The Balaban J connectivity index is 2.54. The zero-order chi connectivity index (χ0) is 14.4. The molecule has 0 aliphatic carbocycles. The van der Waals surface area contributed by atoms with E-state index < -0.39 is 23.4 Å². The molecule has 0 radical (unpaired) electrons. The smallest absolute Gasteiger partial charge is 0.251 e. The number of hydrogen-bond donors (Lipinski definition) is 1. The van der Waals surface area contributed by atoms with E-state index in [9.17, 15) is 18.0 Å². The average molecular weight is 275 g/mol. The zero-order valence-corrected chi connectivity index (χ0v) is 10.8. The largest absolute Gasteiger partial charge is 0.367 e. The third-order valence-electron chi connectivity index (χ3n) is 2.63. The highest BCUT2D eigenvalue weighted by molar-refractivity contribution is 5.76. The predicted octanol–water partition coefficient (Wildman–Crippen LogP) is 2.17. The van der Waals surface area contributed by atoms with Crippen molar-refractivity contribution in [1.82, 2.24) is 9.88 Å². The molecule has 4 nitrogen and oxygen atoms in total. The fraction of sp³-hybridized carbons (Fsp3) is 0.500. The Kier molecular flexibility index (Phi) is 5.59. The lowest BCUT2D eigenvalue weighted by atomic mass is 10.3. The minimum absolute atomic E-state index is 0.0968. The van der Waals surface area contributed by atoms with Crippen LogP contribution in [0.5, 0.6) is 0 Å². The Morgan fingerprint density at radius 3 is 2.47 bits per heavy atom. The number of nitrogens with one attached hydrogen (secondary N) is 1. The van der Waals surface area contributed by atoms with Crippen molar-refractivity contribution < 1.29 is 18.0 Å². The number of hydrogen-bond acceptors (Lipinski definition) is 3. The van der Waals surface area contributed by atoms with Gasteiger partial charge in [-0.2, -0.15) is 9.37 Å². The van der Waals surface area contributed by atoms with Crippen molar-refractivity contribution in [1.29, 1.82) is 0 Å². The van der Waals surface area contributed by atoms with Gasteiger partial charge in [-0.1, -0.05) is 0 Å². The zero-order valence-electron chi connectivity index (χ0n) is 10.8. The van der Waals surface area contributed by atoms with Crippen LogP contribution >= 0.6 is 0 Å². The normalized spacial score (nSPS) is 10.4. The van der Waals surface area contributed by atoms with E-state index in [1.165, 1.54) is 0 Å². The number of halogens is 3. The Morgan fingerprint density at radius 2 is 1.89 bits per heavy atom. The summed E-state index contributed by atoms with van der Waals surface area (Å²) in [5.41, 5.74) is 0. The van der Waals surface area contributed by atoms with Crippen LogP contribution in [0.1, 0.15) is 20.3 Å². The highest BCUT2D eigenvalue weighted by Crippen LogP contribution is 2.14. The van der Waals surface area contributed by atoms with E-state index in [0.717, 1.165) is 0 Å². The van der Waals surface area contributed by atoms with Crippen LogP contribution in [0.25, 0.3) is 0 Å². The summed E-state index contributed by atoms with van der Waals surface area (Å²) in [6.45, 7) is 4.99. The topological polar surface area (TPSA) is 45.2 Å². The molecular formula is C12H16F3N3O. The molecule has 1 amide bonds. The lowest BCUT2D eigenvalue weighted by Gasteiger charge is -2.18. The van der Waals surface area contributed by atoms with Crippen molar-refractivity contribution in [3.8, 4) is 0 Å². The van der Waals surface area contributed by atoms with Gasteiger partial charge in [-0.05, 0) is 13.8 Å². The van der Waals surface area contributed by atoms with Gasteiger partial charge in [0.2, 0.25) is 5.91 Å². The maximum Gasteiger partial charge on any atom is 0.251 e. The van der Waals surface area contributed by atoms with E-state index >= 15 is 0 Å². The number of carbonyl (C=O) groups is 1. The van der Waals surface area contributed by atoms with Gasteiger partial charge in [0.25, 0.3) is 5.95 Å².